The monoisotopic (exact) mass is 515 g/mol. The van der Waals surface area contributed by atoms with Crippen LogP contribution in [0.4, 0.5) is 5.69 Å². The summed E-state index contributed by atoms with van der Waals surface area (Å²) in [6.45, 7) is 10.8. The van der Waals surface area contributed by atoms with E-state index in [1.807, 2.05) is 71.0 Å². The topological polar surface area (TPSA) is 86.8 Å². The maximum atomic E-state index is 13.5. The highest BCUT2D eigenvalue weighted by molar-refractivity contribution is 7.92. The summed E-state index contributed by atoms with van der Waals surface area (Å²) >= 11 is 0. The molecule has 2 amide bonds. The van der Waals surface area contributed by atoms with Crippen molar-refractivity contribution in [3.05, 3.63) is 64.7 Å². The third-order valence-electron chi connectivity index (χ3n) is 6.37. The van der Waals surface area contributed by atoms with Crippen molar-refractivity contribution in [3.8, 4) is 0 Å². The molecule has 1 N–H and O–H groups in total. The van der Waals surface area contributed by atoms with Gasteiger partial charge < -0.3 is 10.2 Å². The van der Waals surface area contributed by atoms with Crippen molar-refractivity contribution in [2.75, 3.05) is 23.7 Å². The minimum atomic E-state index is -3.53. The van der Waals surface area contributed by atoms with E-state index in [9.17, 15) is 18.0 Å². The molecule has 0 aromatic heterocycles. The second-order valence-corrected chi connectivity index (χ2v) is 11.3. The summed E-state index contributed by atoms with van der Waals surface area (Å²) in [6, 6.07) is 12.9. The van der Waals surface area contributed by atoms with Crippen LogP contribution in [0.3, 0.4) is 0 Å². The Morgan fingerprint density at radius 1 is 1.03 bits per heavy atom. The predicted octanol–water partition coefficient (Wildman–Crippen LogP) is 4.49. The van der Waals surface area contributed by atoms with Crippen LogP contribution >= 0.6 is 0 Å². The van der Waals surface area contributed by atoms with Gasteiger partial charge in [-0.1, -0.05) is 55.8 Å². The summed E-state index contributed by atoms with van der Waals surface area (Å²) in [5.41, 5.74) is 4.57. The second-order valence-electron chi connectivity index (χ2n) is 9.38. The van der Waals surface area contributed by atoms with Crippen molar-refractivity contribution in [3.63, 3.8) is 0 Å². The number of carbonyl (C=O) groups excluding carboxylic acids is 2. The third kappa shape index (κ3) is 8.08. The molecule has 1 atom stereocenters. The van der Waals surface area contributed by atoms with Crippen LogP contribution in [-0.4, -0.2) is 50.5 Å². The molecule has 0 aliphatic rings. The van der Waals surface area contributed by atoms with Crippen LogP contribution in [0, 0.1) is 20.8 Å². The summed E-state index contributed by atoms with van der Waals surface area (Å²) in [4.78, 5) is 28.0. The van der Waals surface area contributed by atoms with Gasteiger partial charge in [0.25, 0.3) is 0 Å². The largest absolute Gasteiger partial charge is 0.354 e. The molecule has 2 aromatic rings. The molecule has 198 valence electrons. The van der Waals surface area contributed by atoms with Crippen LogP contribution < -0.4 is 9.62 Å². The van der Waals surface area contributed by atoms with Gasteiger partial charge in [-0.2, -0.15) is 0 Å². The van der Waals surface area contributed by atoms with Gasteiger partial charge >= 0.3 is 0 Å². The summed E-state index contributed by atoms with van der Waals surface area (Å²) in [5.74, 6) is -0.321. The number of nitrogens with zero attached hydrogens (tertiary/aromatic N) is 2. The number of carbonyl (C=O) groups is 2. The van der Waals surface area contributed by atoms with Crippen molar-refractivity contribution < 1.29 is 18.0 Å². The highest BCUT2D eigenvalue weighted by Crippen LogP contribution is 2.25. The summed E-state index contributed by atoms with van der Waals surface area (Å²) < 4.78 is 26.6. The van der Waals surface area contributed by atoms with Crippen LogP contribution in [0.5, 0.6) is 0 Å². The molecule has 0 saturated heterocycles. The van der Waals surface area contributed by atoms with Gasteiger partial charge in [0, 0.05) is 26.1 Å². The number of rotatable bonds is 13. The highest BCUT2D eigenvalue weighted by atomic mass is 32.2. The smallest absolute Gasteiger partial charge is 0.242 e. The first-order valence-electron chi connectivity index (χ1n) is 12.7. The normalized spacial score (nSPS) is 12.2. The Bertz CT molecular complexity index is 1150. The lowest BCUT2D eigenvalue weighted by Crippen LogP contribution is -2.49. The SMILES string of the molecule is CCCNC(=O)[C@H](CC)N(Cc1cccc(C)c1)C(=O)CCCN(c1cccc(C)c1C)S(C)(=O)=O. The fourth-order valence-electron chi connectivity index (χ4n) is 4.28. The Labute approximate surface area is 216 Å². The van der Waals surface area contributed by atoms with Gasteiger partial charge in [-0.05, 0) is 62.8 Å². The minimum Gasteiger partial charge on any atom is -0.354 e. The molecule has 36 heavy (non-hydrogen) atoms. The summed E-state index contributed by atoms with van der Waals surface area (Å²) in [7, 11) is -3.53. The van der Waals surface area contributed by atoms with Gasteiger partial charge in [0.05, 0.1) is 11.9 Å². The Hall–Kier alpha value is -2.87. The standard InChI is InChI=1S/C28H41N3O4S/c1-7-17-29-28(33)25(8-2)30(20-24-14-9-12-21(3)19-24)27(32)16-11-18-31(36(6,34)35)26-15-10-13-22(4)23(26)5/h9-10,12-15,19,25H,7-8,11,16-18,20H2,1-6H3,(H,29,33)/t25-/m0/s1. The van der Waals surface area contributed by atoms with Crippen LogP contribution in [0.2, 0.25) is 0 Å². The number of sulfonamides is 1. The Kier molecular flexibility index (Phi) is 11.0. The van der Waals surface area contributed by atoms with Crippen LogP contribution in [0.25, 0.3) is 0 Å². The van der Waals surface area contributed by atoms with E-state index in [1.165, 1.54) is 10.6 Å². The summed E-state index contributed by atoms with van der Waals surface area (Å²) in [6.07, 6.45) is 2.97. The van der Waals surface area contributed by atoms with Crippen LogP contribution in [0.15, 0.2) is 42.5 Å². The van der Waals surface area contributed by atoms with E-state index in [2.05, 4.69) is 5.32 Å². The number of nitrogens with one attached hydrogen (secondary N) is 1. The lowest BCUT2D eigenvalue weighted by molar-refractivity contribution is -0.141. The first-order chi connectivity index (χ1) is 17.0. The van der Waals surface area contributed by atoms with E-state index in [0.717, 1.165) is 28.7 Å². The average molecular weight is 516 g/mol. The number of amides is 2. The van der Waals surface area contributed by atoms with E-state index >= 15 is 0 Å². The molecule has 0 aliphatic carbocycles. The number of aryl methyl sites for hydroxylation is 2. The fourth-order valence-corrected chi connectivity index (χ4v) is 5.30. The molecule has 8 heteroatoms. The molecule has 0 spiro atoms. The molecular formula is C28H41N3O4S. The number of benzene rings is 2. The Morgan fingerprint density at radius 3 is 2.33 bits per heavy atom. The Morgan fingerprint density at radius 2 is 1.72 bits per heavy atom. The van der Waals surface area contributed by atoms with E-state index in [1.54, 1.807) is 11.0 Å². The maximum Gasteiger partial charge on any atom is 0.242 e. The second kappa shape index (κ2) is 13.4. The van der Waals surface area contributed by atoms with Crippen molar-refractivity contribution in [1.82, 2.24) is 10.2 Å². The van der Waals surface area contributed by atoms with Crippen LogP contribution in [0.1, 0.15) is 61.8 Å². The maximum absolute atomic E-state index is 13.5. The average Bonchev–Trinajstić information content (AvgIpc) is 2.81. The van der Waals surface area contributed by atoms with Gasteiger partial charge in [-0.25, -0.2) is 8.42 Å². The van der Waals surface area contributed by atoms with Crippen molar-refractivity contribution in [2.24, 2.45) is 0 Å². The number of anilines is 1. The molecule has 2 aromatic carbocycles. The quantitative estimate of drug-likeness (QED) is 0.426. The van der Waals surface area contributed by atoms with Gasteiger partial charge in [-0.15, -0.1) is 0 Å². The molecule has 0 bridgehead atoms. The van der Waals surface area contributed by atoms with Crippen LogP contribution in [-0.2, 0) is 26.2 Å². The first kappa shape index (κ1) is 29.4. The highest BCUT2D eigenvalue weighted by Gasteiger charge is 2.29. The van der Waals surface area contributed by atoms with Crippen molar-refractivity contribution in [1.29, 1.82) is 0 Å². The molecule has 2 rings (SSSR count). The van der Waals surface area contributed by atoms with Gasteiger partial charge in [0.15, 0.2) is 0 Å². The van der Waals surface area contributed by atoms with E-state index in [4.69, 9.17) is 0 Å². The molecular weight excluding hydrogens is 474 g/mol. The fraction of sp³-hybridized carbons (Fsp3) is 0.500. The Balaban J connectivity index is 2.24. The number of hydrogen-bond donors (Lipinski definition) is 1. The van der Waals surface area contributed by atoms with E-state index in [-0.39, 0.29) is 24.8 Å². The lowest BCUT2D eigenvalue weighted by atomic mass is 10.1. The zero-order valence-electron chi connectivity index (χ0n) is 22.5. The lowest BCUT2D eigenvalue weighted by Gasteiger charge is -2.31. The van der Waals surface area contributed by atoms with Gasteiger partial charge in [0.2, 0.25) is 21.8 Å². The third-order valence-corrected chi connectivity index (χ3v) is 7.55. The van der Waals surface area contributed by atoms with E-state index in [0.29, 0.717) is 31.6 Å². The molecule has 7 nitrogen and oxygen atoms in total. The predicted molar refractivity (Wildman–Crippen MR) is 146 cm³/mol. The van der Waals surface area contributed by atoms with Crippen molar-refractivity contribution in [2.45, 2.75) is 72.9 Å². The minimum absolute atomic E-state index is 0.139. The molecule has 0 radical (unpaired) electrons. The molecule has 0 fully saturated rings. The van der Waals surface area contributed by atoms with Crippen molar-refractivity contribution >= 4 is 27.5 Å². The first-order valence-corrected chi connectivity index (χ1v) is 14.5. The van der Waals surface area contributed by atoms with Gasteiger partial charge in [0.1, 0.15) is 6.04 Å². The van der Waals surface area contributed by atoms with E-state index < -0.39 is 16.1 Å². The number of hydrogen-bond acceptors (Lipinski definition) is 4. The van der Waals surface area contributed by atoms with Gasteiger partial charge in [-0.3, -0.25) is 13.9 Å². The molecule has 0 heterocycles. The molecule has 0 aliphatic heterocycles. The molecule has 0 unspecified atom stereocenters. The zero-order chi connectivity index (χ0) is 26.9. The molecule has 0 saturated carbocycles. The summed E-state index contributed by atoms with van der Waals surface area (Å²) in [5, 5.41) is 2.92. The zero-order valence-corrected chi connectivity index (χ0v) is 23.3.